The second-order valence-corrected chi connectivity index (χ2v) is 10.4. The van der Waals surface area contributed by atoms with Crippen LogP contribution < -0.4 is 10.2 Å². The number of phenolic OH excluding ortho intramolecular Hbond substituents is 1. The predicted molar refractivity (Wildman–Crippen MR) is 120 cm³/mol. The molecule has 2 aromatic carbocycles. The number of hydrogen-bond donors (Lipinski definition) is 2. The van der Waals surface area contributed by atoms with Crippen LogP contribution in [0.3, 0.4) is 0 Å². The molecule has 1 fully saturated rings. The summed E-state index contributed by atoms with van der Waals surface area (Å²) in [6.07, 6.45) is 6.33. The molecule has 1 saturated carbocycles. The highest BCUT2D eigenvalue weighted by Crippen LogP contribution is 2.38. The van der Waals surface area contributed by atoms with Gasteiger partial charge >= 0.3 is 0 Å². The Kier molecular flexibility index (Phi) is 6.52. The van der Waals surface area contributed by atoms with Gasteiger partial charge in [0.25, 0.3) is 0 Å². The second-order valence-electron chi connectivity index (χ2n) is 7.96. The quantitative estimate of drug-likeness (QED) is 0.515. The molecule has 32 heavy (non-hydrogen) atoms. The number of halogens is 1. The standard InChI is InChI=1S/C21H24ClN5O4S/c1-14-9-16(25-27-24-13-23-26-27)10-18(22)21(14)31-17-7-8-19(28)20(11-17)32(29,30)12-15-5-3-2-4-6-15/h7-11,13,15,25,28H,2-6,12H2,1H3. The predicted octanol–water partition coefficient (Wildman–Crippen LogP) is 4.36. The maximum absolute atomic E-state index is 13.0. The minimum atomic E-state index is -3.66. The van der Waals surface area contributed by atoms with E-state index >= 15 is 0 Å². The lowest BCUT2D eigenvalue weighted by Gasteiger charge is -2.21. The van der Waals surface area contributed by atoms with Gasteiger partial charge in [0.05, 0.1) is 16.5 Å². The van der Waals surface area contributed by atoms with Crippen molar-refractivity contribution in [2.75, 3.05) is 11.2 Å². The average molecular weight is 478 g/mol. The minimum Gasteiger partial charge on any atom is -0.507 e. The number of benzene rings is 2. The third kappa shape index (κ3) is 5.13. The van der Waals surface area contributed by atoms with Crippen LogP contribution in [0.5, 0.6) is 17.2 Å². The average Bonchev–Trinajstić information content (AvgIpc) is 3.25. The lowest BCUT2D eigenvalue weighted by molar-refractivity contribution is 0.384. The van der Waals surface area contributed by atoms with Crippen LogP contribution in [0.4, 0.5) is 5.69 Å². The summed E-state index contributed by atoms with van der Waals surface area (Å²) < 4.78 is 31.9. The summed E-state index contributed by atoms with van der Waals surface area (Å²) in [7, 11) is -3.66. The molecule has 1 aliphatic rings. The van der Waals surface area contributed by atoms with E-state index < -0.39 is 9.84 Å². The van der Waals surface area contributed by atoms with E-state index in [2.05, 4.69) is 20.8 Å². The van der Waals surface area contributed by atoms with Crippen molar-refractivity contribution in [1.82, 2.24) is 20.3 Å². The van der Waals surface area contributed by atoms with Gasteiger partial charge in [-0.25, -0.2) is 8.42 Å². The number of rotatable bonds is 7. The van der Waals surface area contributed by atoms with E-state index in [9.17, 15) is 13.5 Å². The van der Waals surface area contributed by atoms with Gasteiger partial charge in [-0.2, -0.15) is 0 Å². The van der Waals surface area contributed by atoms with E-state index in [1.54, 1.807) is 12.1 Å². The van der Waals surface area contributed by atoms with E-state index in [1.165, 1.54) is 29.4 Å². The van der Waals surface area contributed by atoms with Crippen LogP contribution in [0.15, 0.2) is 41.6 Å². The van der Waals surface area contributed by atoms with Crippen molar-refractivity contribution in [3.8, 4) is 17.2 Å². The molecule has 11 heteroatoms. The number of anilines is 1. The summed E-state index contributed by atoms with van der Waals surface area (Å²) in [5.74, 6) is 0.518. The molecule has 0 spiro atoms. The summed E-state index contributed by atoms with van der Waals surface area (Å²) in [6, 6.07) is 7.61. The van der Waals surface area contributed by atoms with Gasteiger partial charge in [-0.05, 0) is 60.7 Å². The Morgan fingerprint density at radius 1 is 1.22 bits per heavy atom. The van der Waals surface area contributed by atoms with Crippen LogP contribution in [0.25, 0.3) is 0 Å². The molecule has 0 unspecified atom stereocenters. The van der Waals surface area contributed by atoms with Gasteiger partial charge in [0, 0.05) is 6.07 Å². The highest BCUT2D eigenvalue weighted by Gasteiger charge is 2.26. The number of phenols is 1. The minimum absolute atomic E-state index is 0.0283. The van der Waals surface area contributed by atoms with Gasteiger partial charge in [-0.1, -0.05) is 35.8 Å². The lowest BCUT2D eigenvalue weighted by atomic mass is 9.91. The number of sulfone groups is 1. The van der Waals surface area contributed by atoms with Crippen molar-refractivity contribution < 1.29 is 18.3 Å². The summed E-state index contributed by atoms with van der Waals surface area (Å²) in [5, 5.41) is 21.8. The Bertz CT molecular complexity index is 1170. The van der Waals surface area contributed by atoms with Gasteiger partial charge in [0.15, 0.2) is 16.2 Å². The first kappa shape index (κ1) is 22.3. The van der Waals surface area contributed by atoms with Crippen molar-refractivity contribution >= 4 is 27.1 Å². The van der Waals surface area contributed by atoms with Crippen LogP contribution in [-0.4, -0.2) is 39.6 Å². The van der Waals surface area contributed by atoms with Gasteiger partial charge in [-0.15, -0.1) is 10.2 Å². The Balaban J connectivity index is 1.56. The van der Waals surface area contributed by atoms with E-state index in [-0.39, 0.29) is 28.1 Å². The molecule has 1 aliphatic carbocycles. The van der Waals surface area contributed by atoms with Crippen LogP contribution in [0.2, 0.25) is 5.02 Å². The molecule has 4 rings (SSSR count). The van der Waals surface area contributed by atoms with Crippen molar-refractivity contribution in [2.45, 2.75) is 43.9 Å². The number of aromatic nitrogens is 4. The zero-order valence-corrected chi connectivity index (χ0v) is 19.1. The van der Waals surface area contributed by atoms with E-state index in [0.717, 1.165) is 32.1 Å². The first-order valence-electron chi connectivity index (χ1n) is 10.4. The molecule has 1 aromatic heterocycles. The number of nitrogens with one attached hydrogen (secondary N) is 1. The molecular formula is C21H24ClN5O4S. The summed E-state index contributed by atoms with van der Waals surface area (Å²) in [4.78, 5) is 1.07. The fourth-order valence-corrected chi connectivity index (χ4v) is 6.06. The number of hydrogen-bond acceptors (Lipinski definition) is 8. The summed E-state index contributed by atoms with van der Waals surface area (Å²) in [6.45, 7) is 1.81. The maximum Gasteiger partial charge on any atom is 0.182 e. The molecule has 0 aliphatic heterocycles. The van der Waals surface area contributed by atoms with E-state index in [4.69, 9.17) is 16.3 Å². The molecule has 0 radical (unpaired) electrons. The number of nitrogens with zero attached hydrogens (tertiary/aromatic N) is 4. The SMILES string of the molecule is Cc1cc(Nn2ncnn2)cc(Cl)c1Oc1ccc(O)c(S(=O)(=O)CC2CCCCC2)c1. The third-order valence-electron chi connectivity index (χ3n) is 5.47. The van der Waals surface area contributed by atoms with Crippen molar-refractivity contribution in [3.63, 3.8) is 0 Å². The molecule has 0 atom stereocenters. The third-order valence-corrected chi connectivity index (χ3v) is 7.66. The summed E-state index contributed by atoms with van der Waals surface area (Å²) in [5.41, 5.74) is 4.24. The summed E-state index contributed by atoms with van der Waals surface area (Å²) >= 11 is 6.42. The van der Waals surface area contributed by atoms with Gasteiger partial charge in [0.1, 0.15) is 22.1 Å². The van der Waals surface area contributed by atoms with Crippen LogP contribution in [0.1, 0.15) is 37.7 Å². The molecule has 2 N–H and O–H groups in total. The maximum atomic E-state index is 13.0. The number of aryl methyl sites for hydroxylation is 1. The number of aromatic hydroxyl groups is 1. The first-order valence-corrected chi connectivity index (χ1v) is 12.4. The largest absolute Gasteiger partial charge is 0.507 e. The zero-order chi connectivity index (χ0) is 22.7. The highest BCUT2D eigenvalue weighted by atomic mass is 35.5. The van der Waals surface area contributed by atoms with Crippen molar-refractivity contribution in [3.05, 3.63) is 47.2 Å². The van der Waals surface area contributed by atoms with Crippen LogP contribution >= 0.6 is 11.6 Å². The van der Waals surface area contributed by atoms with Crippen LogP contribution in [0, 0.1) is 12.8 Å². The van der Waals surface area contributed by atoms with E-state index in [1.807, 2.05) is 6.92 Å². The van der Waals surface area contributed by atoms with Crippen molar-refractivity contribution in [1.29, 1.82) is 0 Å². The monoisotopic (exact) mass is 477 g/mol. The fourth-order valence-electron chi connectivity index (χ4n) is 3.94. The number of tetrazole rings is 1. The molecule has 0 bridgehead atoms. The first-order chi connectivity index (χ1) is 15.3. The van der Waals surface area contributed by atoms with Crippen LogP contribution in [-0.2, 0) is 9.84 Å². The Labute approximate surface area is 191 Å². The Morgan fingerprint density at radius 3 is 2.69 bits per heavy atom. The smallest absolute Gasteiger partial charge is 0.182 e. The number of ether oxygens (including phenoxy) is 1. The normalized spacial score (nSPS) is 14.9. The fraction of sp³-hybridized carbons (Fsp3) is 0.381. The molecule has 1 heterocycles. The highest BCUT2D eigenvalue weighted by molar-refractivity contribution is 7.91. The topological polar surface area (TPSA) is 119 Å². The molecule has 0 amide bonds. The van der Waals surface area contributed by atoms with Gasteiger partial charge in [0.2, 0.25) is 0 Å². The van der Waals surface area contributed by atoms with E-state index in [0.29, 0.717) is 22.0 Å². The second kappa shape index (κ2) is 9.33. The lowest BCUT2D eigenvalue weighted by Crippen LogP contribution is -2.19. The molecule has 9 nitrogen and oxygen atoms in total. The molecule has 0 saturated heterocycles. The van der Waals surface area contributed by atoms with Crippen molar-refractivity contribution in [2.24, 2.45) is 5.92 Å². The Morgan fingerprint density at radius 2 is 2.00 bits per heavy atom. The Hall–Kier alpha value is -2.85. The van der Waals surface area contributed by atoms with Gasteiger partial charge < -0.3 is 9.84 Å². The zero-order valence-electron chi connectivity index (χ0n) is 17.5. The van der Waals surface area contributed by atoms with Gasteiger partial charge in [-0.3, -0.25) is 5.43 Å². The molecule has 170 valence electrons. The molecule has 3 aromatic rings. The molecular weight excluding hydrogens is 454 g/mol.